The zero-order valence-corrected chi connectivity index (χ0v) is 14.7. The Hall–Kier alpha value is -2.96. The number of carbonyl (C=O) groups excluding carboxylic acids is 2. The molecule has 1 aliphatic heterocycles. The van der Waals surface area contributed by atoms with Crippen molar-refractivity contribution < 1.29 is 22.8 Å². The Kier molecular flexibility index (Phi) is 4.87. The Balaban J connectivity index is 2.12. The van der Waals surface area contributed by atoms with Gasteiger partial charge < -0.3 is 5.32 Å². The molecule has 0 aromatic heterocycles. The van der Waals surface area contributed by atoms with E-state index in [0.717, 1.165) is 17.7 Å². The molecule has 0 bridgehead atoms. The summed E-state index contributed by atoms with van der Waals surface area (Å²) in [6.07, 6.45) is -4.64. The van der Waals surface area contributed by atoms with Gasteiger partial charge in [0.05, 0.1) is 17.3 Å². The van der Waals surface area contributed by atoms with E-state index in [1.807, 2.05) is 30.3 Å². The van der Waals surface area contributed by atoms with Crippen LogP contribution < -0.4 is 5.32 Å². The Bertz CT molecular complexity index is 921. The summed E-state index contributed by atoms with van der Waals surface area (Å²) in [5, 5.41) is 2.62. The van der Waals surface area contributed by atoms with Crippen molar-refractivity contribution in [3.8, 4) is 0 Å². The fourth-order valence-corrected chi connectivity index (χ4v) is 3.11. The maximum atomic E-state index is 13.4. The summed E-state index contributed by atoms with van der Waals surface area (Å²) in [4.78, 5) is 29.2. The normalized spacial score (nSPS) is 19.4. The third-order valence-electron chi connectivity index (χ3n) is 4.45. The van der Waals surface area contributed by atoms with Crippen LogP contribution in [0.5, 0.6) is 0 Å². The Morgan fingerprint density at radius 1 is 1.11 bits per heavy atom. The minimum absolute atomic E-state index is 0.0620. The molecule has 1 aliphatic rings. The van der Waals surface area contributed by atoms with E-state index in [9.17, 15) is 22.8 Å². The van der Waals surface area contributed by atoms with Crippen molar-refractivity contribution in [3.63, 3.8) is 0 Å². The lowest BCUT2D eigenvalue weighted by Gasteiger charge is -2.28. The fourth-order valence-electron chi connectivity index (χ4n) is 3.11. The lowest BCUT2D eigenvalue weighted by molar-refractivity contribution is -0.136. The van der Waals surface area contributed by atoms with Gasteiger partial charge in [0.25, 0.3) is 0 Å². The van der Waals surface area contributed by atoms with Gasteiger partial charge in [0.2, 0.25) is 0 Å². The summed E-state index contributed by atoms with van der Waals surface area (Å²) in [5.41, 5.74) is -0.658. The fraction of sp³-hybridized carbons (Fsp3) is 0.250. The molecule has 0 radical (unpaired) electrons. The van der Waals surface area contributed by atoms with Crippen molar-refractivity contribution >= 4 is 23.1 Å². The summed E-state index contributed by atoms with van der Waals surface area (Å²) in [6, 6.07) is 12.0. The lowest BCUT2D eigenvalue weighted by Crippen LogP contribution is -2.40. The predicted octanol–water partition coefficient (Wildman–Crippen LogP) is 4.68. The minimum Gasteiger partial charge on any atom is -0.342 e. The molecule has 1 heterocycles. The average Bonchev–Trinajstić information content (AvgIpc) is 2.61. The highest BCUT2D eigenvalue weighted by Gasteiger charge is 2.42. The highest BCUT2D eigenvalue weighted by Crippen LogP contribution is 2.40. The predicted molar refractivity (Wildman–Crippen MR) is 95.9 cm³/mol. The smallest absolute Gasteiger partial charge is 0.342 e. The Morgan fingerprint density at radius 3 is 2.37 bits per heavy atom. The summed E-state index contributed by atoms with van der Waals surface area (Å²) in [7, 11) is 0. The molecule has 4 nitrogen and oxygen atoms in total. The quantitative estimate of drug-likeness (QED) is 0.794. The zero-order valence-electron chi connectivity index (χ0n) is 14.7. The van der Waals surface area contributed by atoms with E-state index in [4.69, 9.17) is 0 Å². The minimum atomic E-state index is -4.64. The first-order valence-electron chi connectivity index (χ1n) is 8.34. The van der Waals surface area contributed by atoms with Gasteiger partial charge in [-0.05, 0) is 31.5 Å². The number of aliphatic imine (C=N–C) groups is 1. The number of halogens is 3. The average molecular weight is 374 g/mol. The standard InChI is InChI=1S/C20H17F3N2O2/c1-11(13-7-4-3-5-8-13)24-19-16(12(2)26)18(27)14-9-6-10-15(17(14)25-19)20(21,22)23/h3-11,16H,1-2H3,(H,24,25). The summed E-state index contributed by atoms with van der Waals surface area (Å²) in [5.74, 6) is -2.46. The molecule has 140 valence electrons. The molecule has 2 unspecified atom stereocenters. The number of carbonyl (C=O) groups is 2. The number of para-hydroxylation sites is 1. The zero-order chi connectivity index (χ0) is 19.8. The van der Waals surface area contributed by atoms with Crippen LogP contribution in [-0.2, 0) is 11.0 Å². The molecule has 0 fully saturated rings. The molecule has 7 heteroatoms. The molecule has 1 N–H and O–H groups in total. The molecule has 0 amide bonds. The second-order valence-electron chi connectivity index (χ2n) is 6.36. The molecule has 0 spiro atoms. The van der Waals surface area contributed by atoms with E-state index in [1.54, 1.807) is 6.92 Å². The summed E-state index contributed by atoms with van der Waals surface area (Å²) >= 11 is 0. The molecule has 3 rings (SSSR count). The number of benzene rings is 2. The molecular weight excluding hydrogens is 357 g/mol. The third kappa shape index (κ3) is 3.63. The number of hydrogen-bond donors (Lipinski definition) is 1. The van der Waals surface area contributed by atoms with Crippen molar-refractivity contribution in [3.05, 3.63) is 65.2 Å². The number of hydrogen-bond acceptors (Lipinski definition) is 3. The van der Waals surface area contributed by atoms with E-state index in [1.165, 1.54) is 13.0 Å². The monoisotopic (exact) mass is 374 g/mol. The van der Waals surface area contributed by atoms with Crippen LogP contribution in [-0.4, -0.2) is 17.4 Å². The molecule has 27 heavy (non-hydrogen) atoms. The first kappa shape index (κ1) is 18.8. The van der Waals surface area contributed by atoms with Gasteiger partial charge in [0.1, 0.15) is 17.5 Å². The van der Waals surface area contributed by atoms with Gasteiger partial charge in [0.15, 0.2) is 5.78 Å². The molecular formula is C20H17F3N2O2. The molecule has 0 saturated heterocycles. The Morgan fingerprint density at radius 2 is 1.78 bits per heavy atom. The van der Waals surface area contributed by atoms with Gasteiger partial charge in [0, 0.05) is 5.56 Å². The summed E-state index contributed by atoms with van der Waals surface area (Å²) < 4.78 is 40.1. The van der Waals surface area contributed by atoms with Crippen LogP contribution >= 0.6 is 0 Å². The SMILES string of the molecule is CC(=O)C1C(=O)c2cccc(C(F)(F)F)c2NC1=NC(C)c1ccccc1. The van der Waals surface area contributed by atoms with Crippen LogP contribution in [0.2, 0.25) is 0 Å². The highest BCUT2D eigenvalue weighted by atomic mass is 19.4. The van der Waals surface area contributed by atoms with Gasteiger partial charge in [-0.15, -0.1) is 0 Å². The van der Waals surface area contributed by atoms with Gasteiger partial charge >= 0.3 is 6.18 Å². The van der Waals surface area contributed by atoms with E-state index in [2.05, 4.69) is 10.3 Å². The maximum absolute atomic E-state index is 13.4. The summed E-state index contributed by atoms with van der Waals surface area (Å²) in [6.45, 7) is 2.97. The second-order valence-corrected chi connectivity index (χ2v) is 6.36. The third-order valence-corrected chi connectivity index (χ3v) is 4.45. The van der Waals surface area contributed by atoms with Crippen LogP contribution in [0.1, 0.15) is 41.4 Å². The highest BCUT2D eigenvalue weighted by molar-refractivity contribution is 6.32. The van der Waals surface area contributed by atoms with E-state index >= 15 is 0 Å². The largest absolute Gasteiger partial charge is 0.418 e. The first-order chi connectivity index (χ1) is 12.7. The molecule has 2 aromatic rings. The number of rotatable bonds is 3. The van der Waals surface area contributed by atoms with E-state index in [0.29, 0.717) is 0 Å². The van der Waals surface area contributed by atoms with Crippen molar-refractivity contribution in [2.75, 3.05) is 5.32 Å². The number of Topliss-reactive ketones (excluding diaryl/α,β-unsaturated/α-hetero) is 2. The van der Waals surface area contributed by atoms with Gasteiger partial charge in [-0.25, -0.2) is 0 Å². The number of nitrogens with one attached hydrogen (secondary N) is 1. The van der Waals surface area contributed by atoms with Crippen LogP contribution in [0.3, 0.4) is 0 Å². The van der Waals surface area contributed by atoms with Crippen LogP contribution in [0.25, 0.3) is 0 Å². The van der Waals surface area contributed by atoms with E-state index < -0.39 is 35.3 Å². The maximum Gasteiger partial charge on any atom is 0.418 e. The number of ketones is 2. The van der Waals surface area contributed by atoms with Crippen molar-refractivity contribution in [1.82, 2.24) is 0 Å². The molecule has 2 atom stereocenters. The first-order valence-corrected chi connectivity index (χ1v) is 8.34. The lowest BCUT2D eigenvalue weighted by atomic mass is 9.87. The molecule has 2 aromatic carbocycles. The van der Waals surface area contributed by atoms with Gasteiger partial charge in [-0.1, -0.05) is 36.4 Å². The van der Waals surface area contributed by atoms with Crippen molar-refractivity contribution in [1.29, 1.82) is 0 Å². The molecule has 0 saturated carbocycles. The number of nitrogens with zero attached hydrogens (tertiary/aromatic N) is 1. The van der Waals surface area contributed by atoms with Crippen molar-refractivity contribution in [2.45, 2.75) is 26.1 Å². The molecule has 0 aliphatic carbocycles. The van der Waals surface area contributed by atoms with Gasteiger partial charge in [-0.2, -0.15) is 13.2 Å². The number of alkyl halides is 3. The topological polar surface area (TPSA) is 58.5 Å². The Labute approximate surface area is 154 Å². The van der Waals surface area contributed by atoms with Crippen LogP contribution in [0.15, 0.2) is 53.5 Å². The van der Waals surface area contributed by atoms with Gasteiger partial charge in [-0.3, -0.25) is 14.6 Å². The number of amidine groups is 1. The van der Waals surface area contributed by atoms with Crippen LogP contribution in [0.4, 0.5) is 18.9 Å². The number of fused-ring (bicyclic) bond motifs is 1. The van der Waals surface area contributed by atoms with Crippen LogP contribution in [0, 0.1) is 5.92 Å². The van der Waals surface area contributed by atoms with E-state index in [-0.39, 0.29) is 17.1 Å². The number of anilines is 1. The van der Waals surface area contributed by atoms with Crippen molar-refractivity contribution in [2.24, 2.45) is 10.9 Å². The second kappa shape index (κ2) is 6.98.